The van der Waals surface area contributed by atoms with Crippen molar-refractivity contribution in [1.29, 1.82) is 0 Å². The van der Waals surface area contributed by atoms with E-state index in [1.807, 2.05) is 6.26 Å². The largest absolute Gasteiger partial charge is 0.325 e. The van der Waals surface area contributed by atoms with E-state index in [9.17, 15) is 13.2 Å². The molecule has 1 aromatic carbocycles. The van der Waals surface area contributed by atoms with Gasteiger partial charge in [0.05, 0.1) is 10.9 Å². The molecule has 0 saturated heterocycles. The summed E-state index contributed by atoms with van der Waals surface area (Å²) in [5.41, 5.74) is 6.18. The molecule has 2 rings (SSSR count). The molecule has 25 heavy (non-hydrogen) atoms. The van der Waals surface area contributed by atoms with Gasteiger partial charge in [0, 0.05) is 17.3 Å². The standard InChI is InChI=1S/C14H18N4O3S3.ClH/c1-22-7-5-12(15)13(19)17-10-3-2-4-11(9-10)24(20,21)18-14-16-6-8-23-14;/h2-4,6,8-9,12H,5,7,15H2,1H3,(H,16,18)(H,17,19);1H/t12-;/m0./s1. The second kappa shape index (κ2) is 9.97. The number of amides is 1. The first-order valence-corrected chi connectivity index (χ1v) is 10.8. The lowest BCUT2D eigenvalue weighted by Crippen LogP contribution is -2.36. The quantitative estimate of drug-likeness (QED) is 0.601. The van der Waals surface area contributed by atoms with E-state index in [-0.39, 0.29) is 28.3 Å². The summed E-state index contributed by atoms with van der Waals surface area (Å²) in [4.78, 5) is 15.9. The Kier molecular flexibility index (Phi) is 8.66. The van der Waals surface area contributed by atoms with Crippen LogP contribution < -0.4 is 15.8 Å². The van der Waals surface area contributed by atoms with Gasteiger partial charge < -0.3 is 11.1 Å². The van der Waals surface area contributed by atoms with E-state index < -0.39 is 16.1 Å². The Morgan fingerprint density at radius 3 is 2.84 bits per heavy atom. The lowest BCUT2D eigenvalue weighted by molar-refractivity contribution is -0.117. The lowest BCUT2D eigenvalue weighted by atomic mass is 10.2. The maximum atomic E-state index is 12.3. The summed E-state index contributed by atoms with van der Waals surface area (Å²) in [6, 6.07) is 5.36. The van der Waals surface area contributed by atoms with Crippen LogP contribution in [0.2, 0.25) is 0 Å². The predicted octanol–water partition coefficient (Wildman–Crippen LogP) is 2.38. The number of rotatable bonds is 8. The van der Waals surface area contributed by atoms with E-state index in [1.165, 1.54) is 29.7 Å². The van der Waals surface area contributed by atoms with Crippen molar-refractivity contribution >= 4 is 62.3 Å². The molecule has 0 fully saturated rings. The Balaban J connectivity index is 0.00000312. The minimum atomic E-state index is -3.76. The van der Waals surface area contributed by atoms with Crippen LogP contribution in [0.15, 0.2) is 40.7 Å². The van der Waals surface area contributed by atoms with Gasteiger partial charge in [0.1, 0.15) is 0 Å². The van der Waals surface area contributed by atoms with E-state index in [0.717, 1.165) is 5.75 Å². The third kappa shape index (κ3) is 6.48. The number of carbonyl (C=O) groups excluding carboxylic acids is 1. The fourth-order valence-electron chi connectivity index (χ4n) is 1.80. The average Bonchev–Trinajstić information content (AvgIpc) is 3.05. The van der Waals surface area contributed by atoms with E-state index in [2.05, 4.69) is 15.0 Å². The van der Waals surface area contributed by atoms with Crippen LogP contribution in [0.25, 0.3) is 0 Å². The van der Waals surface area contributed by atoms with Crippen LogP contribution >= 0.6 is 35.5 Å². The summed E-state index contributed by atoms with van der Waals surface area (Å²) in [6.45, 7) is 0. The Bertz CT molecular complexity index is 784. The highest BCUT2D eigenvalue weighted by Gasteiger charge is 2.17. The zero-order chi connectivity index (χ0) is 17.6. The van der Waals surface area contributed by atoms with Crippen LogP contribution in [0.4, 0.5) is 10.8 Å². The summed E-state index contributed by atoms with van der Waals surface area (Å²) >= 11 is 2.79. The number of nitrogens with one attached hydrogen (secondary N) is 2. The van der Waals surface area contributed by atoms with Gasteiger partial charge in [-0.15, -0.1) is 23.7 Å². The molecule has 7 nitrogen and oxygen atoms in total. The number of carbonyl (C=O) groups is 1. The highest BCUT2D eigenvalue weighted by atomic mass is 35.5. The van der Waals surface area contributed by atoms with E-state index >= 15 is 0 Å². The Morgan fingerprint density at radius 2 is 2.20 bits per heavy atom. The van der Waals surface area contributed by atoms with Gasteiger partial charge in [0.25, 0.3) is 10.0 Å². The zero-order valence-corrected chi connectivity index (χ0v) is 16.6. The van der Waals surface area contributed by atoms with Crippen LogP contribution in [-0.4, -0.2) is 37.4 Å². The molecule has 0 aliphatic heterocycles. The Hall–Kier alpha value is -1.33. The molecular weight excluding hydrogens is 404 g/mol. The van der Waals surface area contributed by atoms with Crippen LogP contribution in [0.1, 0.15) is 6.42 Å². The third-order valence-corrected chi connectivity index (χ3v) is 5.83. The second-order valence-corrected chi connectivity index (χ2v) is 8.41. The molecule has 0 aliphatic rings. The summed E-state index contributed by atoms with van der Waals surface area (Å²) in [5.74, 6) is 0.437. The molecule has 4 N–H and O–H groups in total. The number of hydrogen-bond acceptors (Lipinski definition) is 7. The molecule has 0 radical (unpaired) electrons. The Morgan fingerprint density at radius 1 is 1.44 bits per heavy atom. The van der Waals surface area contributed by atoms with Crippen molar-refractivity contribution in [3.63, 3.8) is 0 Å². The maximum absolute atomic E-state index is 12.3. The summed E-state index contributed by atoms with van der Waals surface area (Å²) in [5, 5.41) is 4.60. The van der Waals surface area contributed by atoms with Gasteiger partial charge in [0.2, 0.25) is 5.91 Å². The maximum Gasteiger partial charge on any atom is 0.263 e. The molecule has 2 aromatic rings. The molecule has 1 aromatic heterocycles. The van der Waals surface area contributed by atoms with Gasteiger partial charge in [0.15, 0.2) is 5.13 Å². The van der Waals surface area contributed by atoms with Crippen molar-refractivity contribution in [1.82, 2.24) is 4.98 Å². The smallest absolute Gasteiger partial charge is 0.263 e. The van der Waals surface area contributed by atoms with Crippen molar-refractivity contribution in [3.05, 3.63) is 35.8 Å². The molecule has 1 amide bonds. The molecule has 138 valence electrons. The molecule has 0 unspecified atom stereocenters. The van der Waals surface area contributed by atoms with Crippen molar-refractivity contribution in [3.8, 4) is 0 Å². The molecule has 0 saturated carbocycles. The molecule has 0 bridgehead atoms. The van der Waals surface area contributed by atoms with Gasteiger partial charge >= 0.3 is 0 Å². The normalized spacial score (nSPS) is 12.1. The zero-order valence-electron chi connectivity index (χ0n) is 13.3. The number of hydrogen-bond donors (Lipinski definition) is 3. The highest BCUT2D eigenvalue weighted by molar-refractivity contribution is 7.98. The highest BCUT2D eigenvalue weighted by Crippen LogP contribution is 2.20. The van der Waals surface area contributed by atoms with Gasteiger partial charge in [-0.05, 0) is 36.6 Å². The third-order valence-electron chi connectivity index (χ3n) is 3.04. The van der Waals surface area contributed by atoms with Gasteiger partial charge in [-0.25, -0.2) is 13.4 Å². The number of nitrogens with zero attached hydrogens (tertiary/aromatic N) is 1. The van der Waals surface area contributed by atoms with E-state index in [4.69, 9.17) is 5.73 Å². The predicted molar refractivity (Wildman–Crippen MR) is 106 cm³/mol. The van der Waals surface area contributed by atoms with Gasteiger partial charge in [-0.3, -0.25) is 9.52 Å². The minimum Gasteiger partial charge on any atom is -0.325 e. The first-order chi connectivity index (χ1) is 11.4. The van der Waals surface area contributed by atoms with Crippen molar-refractivity contribution in [2.24, 2.45) is 5.73 Å². The SMILES string of the molecule is CSCC[C@H](N)C(=O)Nc1cccc(S(=O)(=O)Nc2nccs2)c1.Cl. The number of anilines is 2. The fourth-order valence-corrected chi connectivity index (χ4v) is 4.12. The lowest BCUT2D eigenvalue weighted by Gasteiger charge is -2.12. The van der Waals surface area contributed by atoms with Gasteiger partial charge in [-0.1, -0.05) is 6.07 Å². The fraction of sp³-hybridized carbons (Fsp3) is 0.286. The van der Waals surface area contributed by atoms with Crippen LogP contribution in [-0.2, 0) is 14.8 Å². The first kappa shape index (κ1) is 21.7. The van der Waals surface area contributed by atoms with Crippen LogP contribution in [0.3, 0.4) is 0 Å². The number of sulfonamides is 1. The topological polar surface area (TPSA) is 114 Å². The molecule has 0 spiro atoms. The molecule has 1 atom stereocenters. The van der Waals surface area contributed by atoms with Crippen molar-refractivity contribution in [2.75, 3.05) is 22.0 Å². The summed E-state index contributed by atoms with van der Waals surface area (Å²) in [6.07, 6.45) is 4.00. The first-order valence-electron chi connectivity index (χ1n) is 7.00. The molecular formula is C14H19ClN4O3S3. The number of aromatic nitrogens is 1. The van der Waals surface area contributed by atoms with Gasteiger partial charge in [-0.2, -0.15) is 11.8 Å². The minimum absolute atomic E-state index is 0. The summed E-state index contributed by atoms with van der Waals surface area (Å²) in [7, 11) is -3.76. The second-order valence-electron chi connectivity index (χ2n) is 4.85. The van der Waals surface area contributed by atoms with Crippen LogP contribution in [0.5, 0.6) is 0 Å². The monoisotopic (exact) mass is 422 g/mol. The molecule has 0 aliphatic carbocycles. The van der Waals surface area contributed by atoms with E-state index in [0.29, 0.717) is 12.1 Å². The molecule has 11 heteroatoms. The summed E-state index contributed by atoms with van der Waals surface area (Å²) < 4.78 is 27.0. The Labute approximate surface area is 161 Å². The molecule has 1 heterocycles. The number of thioether (sulfide) groups is 1. The average molecular weight is 423 g/mol. The number of thiazole rings is 1. The van der Waals surface area contributed by atoms with E-state index in [1.54, 1.807) is 29.3 Å². The van der Waals surface area contributed by atoms with Crippen molar-refractivity contribution < 1.29 is 13.2 Å². The number of nitrogens with two attached hydrogens (primary N) is 1. The van der Waals surface area contributed by atoms with Crippen molar-refractivity contribution in [2.45, 2.75) is 17.4 Å². The van der Waals surface area contributed by atoms with Crippen LogP contribution in [0, 0.1) is 0 Å². The number of benzene rings is 1. The number of halogens is 1.